The summed E-state index contributed by atoms with van der Waals surface area (Å²) in [7, 11) is -1.24. The van der Waals surface area contributed by atoms with Crippen LogP contribution >= 0.6 is 12.4 Å². The van der Waals surface area contributed by atoms with E-state index >= 15 is 0 Å². The molecule has 1 amide bonds. The number of likely N-dealkylation sites (tertiary alicyclic amines) is 1. The molecule has 1 atom stereocenters. The van der Waals surface area contributed by atoms with Gasteiger partial charge in [-0.1, -0.05) is 0 Å². The molecule has 2 N–H and O–H groups in total. The van der Waals surface area contributed by atoms with E-state index in [1.807, 2.05) is 4.90 Å². The van der Waals surface area contributed by atoms with Crippen LogP contribution in [0.1, 0.15) is 25.7 Å². The van der Waals surface area contributed by atoms with E-state index < -0.39 is 10.8 Å². The Hall–Kier alpha value is -1.35. The van der Waals surface area contributed by atoms with Crippen LogP contribution in [0.3, 0.4) is 0 Å². The number of hydrogen-bond donors (Lipinski definition) is 1. The Morgan fingerprint density at radius 1 is 1.21 bits per heavy atom. The fourth-order valence-corrected chi connectivity index (χ4v) is 4.28. The first-order valence-electron chi connectivity index (χ1n) is 9.55. The molecular weight excluding hydrogens is 404 g/mol. The third-order valence-electron chi connectivity index (χ3n) is 4.77. The van der Waals surface area contributed by atoms with E-state index in [-0.39, 0.29) is 30.8 Å². The molecule has 2 aliphatic rings. The Kier molecular flexibility index (Phi) is 9.50. The van der Waals surface area contributed by atoms with Crippen LogP contribution in [-0.4, -0.2) is 66.3 Å². The number of carbonyl (C=O) groups is 1. The molecule has 0 bridgehead atoms. The maximum Gasteiger partial charge on any atom is 0.223 e. The molecule has 2 aliphatic heterocycles. The van der Waals surface area contributed by atoms with Crippen molar-refractivity contribution in [2.45, 2.75) is 36.7 Å². The summed E-state index contributed by atoms with van der Waals surface area (Å²) >= 11 is 0. The summed E-state index contributed by atoms with van der Waals surface area (Å²) in [5.74, 6) is 1.66. The van der Waals surface area contributed by atoms with E-state index in [0.717, 1.165) is 19.3 Å². The number of rotatable bonds is 8. The molecule has 1 unspecified atom stereocenters. The fraction of sp³-hybridized carbons (Fsp3) is 0.632. The lowest BCUT2D eigenvalue weighted by atomic mass is 10.1. The molecule has 1 aromatic rings. The summed E-state index contributed by atoms with van der Waals surface area (Å²) in [6.45, 7) is 3.74. The normalized spacial score (nSPS) is 17.7. The van der Waals surface area contributed by atoms with Gasteiger partial charge in [-0.2, -0.15) is 0 Å². The van der Waals surface area contributed by atoms with Gasteiger partial charge in [0.1, 0.15) is 13.2 Å². The van der Waals surface area contributed by atoms with Crippen LogP contribution in [0.5, 0.6) is 11.5 Å². The second-order valence-electron chi connectivity index (χ2n) is 6.70. The monoisotopic (exact) mass is 432 g/mol. The van der Waals surface area contributed by atoms with Gasteiger partial charge in [-0.15, -0.1) is 12.4 Å². The molecule has 1 aromatic carbocycles. The molecule has 0 spiro atoms. The van der Waals surface area contributed by atoms with E-state index in [0.29, 0.717) is 61.6 Å². The fourth-order valence-electron chi connectivity index (χ4n) is 3.23. The number of carbonyl (C=O) groups excluding carboxylic acids is 1. The minimum atomic E-state index is -1.24. The average Bonchev–Trinajstić information content (AvgIpc) is 2.72. The van der Waals surface area contributed by atoms with Crippen LogP contribution in [0.2, 0.25) is 0 Å². The molecule has 7 nitrogen and oxygen atoms in total. The van der Waals surface area contributed by atoms with Crippen molar-refractivity contribution >= 4 is 29.1 Å². The smallest absolute Gasteiger partial charge is 0.223 e. The highest BCUT2D eigenvalue weighted by atomic mass is 35.5. The Labute approximate surface area is 174 Å². The lowest BCUT2D eigenvalue weighted by Crippen LogP contribution is -2.41. The second kappa shape index (κ2) is 11.6. The van der Waals surface area contributed by atoms with Gasteiger partial charge in [-0.25, -0.2) is 0 Å². The molecular formula is C19H29ClN2O5S. The van der Waals surface area contributed by atoms with E-state index in [4.69, 9.17) is 19.9 Å². The molecule has 1 fully saturated rings. The van der Waals surface area contributed by atoms with Gasteiger partial charge in [-0.05, 0) is 37.9 Å². The maximum absolute atomic E-state index is 12.5. The van der Waals surface area contributed by atoms with Crippen LogP contribution in [0.4, 0.5) is 0 Å². The first-order chi connectivity index (χ1) is 13.2. The molecule has 1 saturated heterocycles. The van der Waals surface area contributed by atoms with Crippen LogP contribution < -0.4 is 15.2 Å². The highest BCUT2D eigenvalue weighted by Gasteiger charge is 2.23. The van der Waals surface area contributed by atoms with Crippen LogP contribution in [-0.2, 0) is 20.3 Å². The quantitative estimate of drug-likeness (QED) is 0.629. The van der Waals surface area contributed by atoms with Gasteiger partial charge >= 0.3 is 0 Å². The number of nitrogens with two attached hydrogens (primary N) is 1. The third-order valence-corrected chi connectivity index (χ3v) is 6.13. The molecule has 3 rings (SSSR count). The van der Waals surface area contributed by atoms with E-state index in [2.05, 4.69) is 0 Å². The molecule has 0 radical (unpaired) electrons. The first kappa shape index (κ1) is 22.9. The van der Waals surface area contributed by atoms with Crippen molar-refractivity contribution in [1.82, 2.24) is 4.90 Å². The Morgan fingerprint density at radius 2 is 1.93 bits per heavy atom. The van der Waals surface area contributed by atoms with Gasteiger partial charge in [0, 0.05) is 42.8 Å². The predicted octanol–water partition coefficient (Wildman–Crippen LogP) is 1.73. The first-order valence-corrected chi connectivity index (χ1v) is 10.9. The summed E-state index contributed by atoms with van der Waals surface area (Å²) in [5, 5.41) is 0. The minimum absolute atomic E-state index is 0. The highest BCUT2D eigenvalue weighted by Crippen LogP contribution is 2.31. The van der Waals surface area contributed by atoms with Gasteiger partial charge in [0.25, 0.3) is 0 Å². The van der Waals surface area contributed by atoms with Gasteiger partial charge in [0.2, 0.25) is 5.91 Å². The second-order valence-corrected chi connectivity index (χ2v) is 8.27. The third kappa shape index (κ3) is 6.34. The molecule has 9 heteroatoms. The van der Waals surface area contributed by atoms with Gasteiger partial charge < -0.3 is 24.8 Å². The zero-order valence-corrected chi connectivity index (χ0v) is 17.6. The zero-order chi connectivity index (χ0) is 19.1. The number of amides is 1. The van der Waals surface area contributed by atoms with Crippen LogP contribution in [0, 0.1) is 0 Å². The lowest BCUT2D eigenvalue weighted by Gasteiger charge is -2.32. The topological polar surface area (TPSA) is 91.1 Å². The largest absolute Gasteiger partial charge is 0.486 e. The number of piperidine rings is 1. The van der Waals surface area contributed by atoms with Crippen molar-refractivity contribution in [3.63, 3.8) is 0 Å². The number of nitrogens with zero attached hydrogens (tertiary/aromatic N) is 1. The van der Waals surface area contributed by atoms with Crippen molar-refractivity contribution in [3.05, 3.63) is 18.2 Å². The average molecular weight is 433 g/mol. The number of fused-ring (bicyclic) bond motifs is 1. The Balaban J connectivity index is 0.00000280. The summed E-state index contributed by atoms with van der Waals surface area (Å²) in [6.07, 6.45) is 3.06. The molecule has 0 aliphatic carbocycles. The number of halogens is 1. The summed E-state index contributed by atoms with van der Waals surface area (Å²) in [5.41, 5.74) is 5.47. The number of benzene rings is 1. The standard InChI is InChI=1S/C19H28N2O5S.ClH/c20-7-1-10-24-15-4-8-21(9-5-15)19(22)6-13-27(23)16-2-3-17-18(14-16)26-12-11-25-17;/h2-3,14-15H,1,4-13,20H2;1H. The van der Waals surface area contributed by atoms with Crippen molar-refractivity contribution in [3.8, 4) is 11.5 Å². The van der Waals surface area contributed by atoms with Crippen molar-refractivity contribution in [1.29, 1.82) is 0 Å². The molecule has 2 heterocycles. The lowest BCUT2D eigenvalue weighted by molar-refractivity contribution is -0.133. The van der Waals surface area contributed by atoms with E-state index in [1.165, 1.54) is 0 Å². The van der Waals surface area contributed by atoms with E-state index in [9.17, 15) is 9.00 Å². The van der Waals surface area contributed by atoms with Gasteiger partial charge in [-0.3, -0.25) is 9.00 Å². The highest BCUT2D eigenvalue weighted by molar-refractivity contribution is 7.85. The Morgan fingerprint density at radius 3 is 2.64 bits per heavy atom. The number of ether oxygens (including phenoxy) is 3. The molecule has 0 aromatic heterocycles. The van der Waals surface area contributed by atoms with E-state index in [1.54, 1.807) is 18.2 Å². The molecule has 28 heavy (non-hydrogen) atoms. The summed E-state index contributed by atoms with van der Waals surface area (Å²) in [4.78, 5) is 14.9. The van der Waals surface area contributed by atoms with Crippen LogP contribution in [0.25, 0.3) is 0 Å². The van der Waals surface area contributed by atoms with Crippen molar-refractivity contribution < 1.29 is 23.2 Å². The van der Waals surface area contributed by atoms with Gasteiger partial charge in [0.15, 0.2) is 11.5 Å². The van der Waals surface area contributed by atoms with Crippen molar-refractivity contribution in [2.24, 2.45) is 5.73 Å². The zero-order valence-electron chi connectivity index (χ0n) is 16.0. The summed E-state index contributed by atoms with van der Waals surface area (Å²) in [6, 6.07) is 5.30. The van der Waals surface area contributed by atoms with Gasteiger partial charge in [0.05, 0.1) is 16.9 Å². The predicted molar refractivity (Wildman–Crippen MR) is 110 cm³/mol. The number of hydrogen-bond acceptors (Lipinski definition) is 6. The van der Waals surface area contributed by atoms with Crippen molar-refractivity contribution in [2.75, 3.05) is 45.2 Å². The molecule has 0 saturated carbocycles. The SMILES string of the molecule is Cl.NCCCOC1CCN(C(=O)CCS(=O)c2ccc3c(c2)OCCO3)CC1. The summed E-state index contributed by atoms with van der Waals surface area (Å²) < 4.78 is 29.3. The van der Waals surface area contributed by atoms with Crippen LogP contribution in [0.15, 0.2) is 23.1 Å². The Bertz CT molecular complexity index is 668. The maximum atomic E-state index is 12.5. The minimum Gasteiger partial charge on any atom is -0.486 e. The molecule has 158 valence electrons.